The molecule has 1 aromatic carbocycles. The normalized spacial score (nSPS) is 11.5. The van der Waals surface area contributed by atoms with Crippen LogP contribution in [-0.2, 0) is 0 Å². The highest BCUT2D eigenvalue weighted by molar-refractivity contribution is 9.10. The first kappa shape index (κ1) is 11.5. The maximum absolute atomic E-state index is 5.41. The summed E-state index contributed by atoms with van der Waals surface area (Å²) in [5.41, 5.74) is 7.96. The van der Waals surface area contributed by atoms with Crippen LogP contribution in [0, 0.1) is 0 Å². The Hall–Kier alpha value is -0.600. The van der Waals surface area contributed by atoms with Gasteiger partial charge in [-0.1, -0.05) is 48.0 Å². The first-order chi connectivity index (χ1) is 6.63. The predicted molar refractivity (Wildman–Crippen MR) is 66.3 cm³/mol. The average molecular weight is 254 g/mol. The van der Waals surface area contributed by atoms with E-state index in [1.165, 1.54) is 11.1 Å². The summed E-state index contributed by atoms with van der Waals surface area (Å²) in [7, 11) is 0. The third kappa shape index (κ3) is 3.28. The summed E-state index contributed by atoms with van der Waals surface area (Å²) < 4.78 is 1.13. The van der Waals surface area contributed by atoms with Gasteiger partial charge < -0.3 is 5.73 Å². The van der Waals surface area contributed by atoms with Crippen LogP contribution in [0.5, 0.6) is 0 Å². The van der Waals surface area contributed by atoms with Gasteiger partial charge in [0.2, 0.25) is 0 Å². The lowest BCUT2D eigenvalue weighted by molar-refractivity contribution is 0.865. The molecule has 0 saturated heterocycles. The van der Waals surface area contributed by atoms with Crippen LogP contribution in [0.2, 0.25) is 0 Å². The minimum absolute atomic E-state index is 0.553. The number of nitrogens with two attached hydrogens (primary N) is 1. The minimum Gasteiger partial charge on any atom is -0.327 e. The maximum Gasteiger partial charge on any atom is 0.0184 e. The van der Waals surface area contributed by atoms with Crippen molar-refractivity contribution in [2.24, 2.45) is 5.73 Å². The molecule has 0 heterocycles. The number of hydrogen-bond acceptors (Lipinski definition) is 1. The van der Waals surface area contributed by atoms with Gasteiger partial charge in [-0.15, -0.1) is 0 Å². The van der Waals surface area contributed by atoms with Crippen LogP contribution >= 0.6 is 15.9 Å². The summed E-state index contributed by atoms with van der Waals surface area (Å²) in [6, 6.07) is 6.45. The topological polar surface area (TPSA) is 26.0 Å². The van der Waals surface area contributed by atoms with E-state index in [2.05, 4.69) is 54.1 Å². The zero-order valence-corrected chi connectivity index (χ0v) is 10.2. The smallest absolute Gasteiger partial charge is 0.0184 e. The van der Waals surface area contributed by atoms with E-state index in [1.54, 1.807) is 0 Å². The SMILES string of the molecule is CC(C)c1cc(Br)cc(/C=C/CN)c1. The van der Waals surface area contributed by atoms with Gasteiger partial charge in [0.05, 0.1) is 0 Å². The fraction of sp³-hybridized carbons (Fsp3) is 0.333. The van der Waals surface area contributed by atoms with Gasteiger partial charge in [-0.3, -0.25) is 0 Å². The molecule has 0 saturated carbocycles. The van der Waals surface area contributed by atoms with Crippen molar-refractivity contribution in [2.75, 3.05) is 6.54 Å². The summed E-state index contributed by atoms with van der Waals surface area (Å²) in [4.78, 5) is 0. The molecule has 0 aliphatic heterocycles. The number of hydrogen-bond donors (Lipinski definition) is 1. The second-order valence-corrected chi connectivity index (χ2v) is 4.53. The Kier molecular flexibility index (Phi) is 4.36. The van der Waals surface area contributed by atoms with Gasteiger partial charge in [0, 0.05) is 11.0 Å². The molecule has 76 valence electrons. The fourth-order valence-electron chi connectivity index (χ4n) is 1.27. The Morgan fingerprint density at radius 2 is 2.07 bits per heavy atom. The van der Waals surface area contributed by atoms with Crippen molar-refractivity contribution >= 4 is 22.0 Å². The molecule has 0 bridgehead atoms. The van der Waals surface area contributed by atoms with E-state index in [9.17, 15) is 0 Å². The second kappa shape index (κ2) is 5.32. The minimum atomic E-state index is 0.553. The van der Waals surface area contributed by atoms with Crippen LogP contribution in [0.25, 0.3) is 6.08 Å². The molecule has 0 amide bonds. The lowest BCUT2D eigenvalue weighted by Crippen LogP contribution is -1.92. The van der Waals surface area contributed by atoms with Gasteiger partial charge >= 0.3 is 0 Å². The van der Waals surface area contributed by atoms with Gasteiger partial charge in [0.15, 0.2) is 0 Å². The first-order valence-corrected chi connectivity index (χ1v) is 5.60. The number of benzene rings is 1. The first-order valence-electron chi connectivity index (χ1n) is 4.80. The molecule has 0 spiro atoms. The zero-order valence-electron chi connectivity index (χ0n) is 8.63. The molecule has 0 aliphatic carbocycles. The van der Waals surface area contributed by atoms with Gasteiger partial charge in [-0.05, 0) is 29.2 Å². The molecular formula is C12H16BrN. The van der Waals surface area contributed by atoms with E-state index in [4.69, 9.17) is 5.73 Å². The van der Waals surface area contributed by atoms with Crippen LogP contribution < -0.4 is 5.73 Å². The van der Waals surface area contributed by atoms with Crippen molar-refractivity contribution in [3.05, 3.63) is 39.9 Å². The molecule has 1 nitrogen and oxygen atoms in total. The van der Waals surface area contributed by atoms with Crippen LogP contribution in [0.15, 0.2) is 28.7 Å². The Morgan fingerprint density at radius 1 is 1.36 bits per heavy atom. The van der Waals surface area contributed by atoms with Gasteiger partial charge in [0.1, 0.15) is 0 Å². The van der Waals surface area contributed by atoms with Crippen LogP contribution in [0.3, 0.4) is 0 Å². The molecule has 14 heavy (non-hydrogen) atoms. The predicted octanol–water partition coefficient (Wildman–Crippen LogP) is 3.54. The Balaban J connectivity index is 3.01. The summed E-state index contributed by atoms with van der Waals surface area (Å²) >= 11 is 3.51. The van der Waals surface area contributed by atoms with Gasteiger partial charge in [-0.25, -0.2) is 0 Å². The Bertz CT molecular complexity index is 329. The Morgan fingerprint density at radius 3 is 2.64 bits per heavy atom. The maximum atomic E-state index is 5.41. The molecule has 2 heteroatoms. The van der Waals surface area contributed by atoms with Crippen molar-refractivity contribution in [3.63, 3.8) is 0 Å². The van der Waals surface area contributed by atoms with Crippen molar-refractivity contribution in [2.45, 2.75) is 19.8 Å². The molecule has 0 fully saturated rings. The molecule has 0 unspecified atom stereocenters. The second-order valence-electron chi connectivity index (χ2n) is 3.61. The zero-order chi connectivity index (χ0) is 10.6. The van der Waals surface area contributed by atoms with E-state index in [0.29, 0.717) is 12.5 Å². The summed E-state index contributed by atoms with van der Waals surface area (Å²) in [6.07, 6.45) is 4.02. The summed E-state index contributed by atoms with van der Waals surface area (Å²) in [5.74, 6) is 0.553. The standard InChI is InChI=1S/C12H16BrN/c1-9(2)11-6-10(4-3-5-14)7-12(13)8-11/h3-4,6-9H,5,14H2,1-2H3/b4-3+. The molecule has 0 aliphatic rings. The number of rotatable bonds is 3. The highest BCUT2D eigenvalue weighted by Crippen LogP contribution is 2.22. The number of halogens is 1. The largest absolute Gasteiger partial charge is 0.327 e. The molecule has 0 aromatic heterocycles. The molecule has 1 aromatic rings. The van der Waals surface area contributed by atoms with Crippen molar-refractivity contribution in [1.29, 1.82) is 0 Å². The third-order valence-corrected chi connectivity index (χ3v) is 2.51. The molecule has 0 atom stereocenters. The monoisotopic (exact) mass is 253 g/mol. The van der Waals surface area contributed by atoms with Crippen molar-refractivity contribution in [3.8, 4) is 0 Å². The quantitative estimate of drug-likeness (QED) is 0.877. The summed E-state index contributed by atoms with van der Waals surface area (Å²) in [5, 5.41) is 0. The molecule has 2 N–H and O–H groups in total. The van der Waals surface area contributed by atoms with Gasteiger partial charge in [-0.2, -0.15) is 0 Å². The molecular weight excluding hydrogens is 238 g/mol. The molecule has 0 radical (unpaired) electrons. The van der Waals surface area contributed by atoms with Crippen LogP contribution in [0.4, 0.5) is 0 Å². The third-order valence-electron chi connectivity index (χ3n) is 2.06. The van der Waals surface area contributed by atoms with E-state index in [-0.39, 0.29) is 0 Å². The highest BCUT2D eigenvalue weighted by Gasteiger charge is 2.01. The molecule has 1 rings (SSSR count). The van der Waals surface area contributed by atoms with E-state index < -0.39 is 0 Å². The fourth-order valence-corrected chi connectivity index (χ4v) is 1.80. The highest BCUT2D eigenvalue weighted by atomic mass is 79.9. The average Bonchev–Trinajstić information content (AvgIpc) is 2.14. The van der Waals surface area contributed by atoms with Crippen LogP contribution in [0.1, 0.15) is 30.9 Å². The lowest BCUT2D eigenvalue weighted by atomic mass is 10.0. The van der Waals surface area contributed by atoms with Crippen molar-refractivity contribution < 1.29 is 0 Å². The van der Waals surface area contributed by atoms with Crippen molar-refractivity contribution in [1.82, 2.24) is 0 Å². The van der Waals surface area contributed by atoms with E-state index in [1.807, 2.05) is 6.08 Å². The Labute approximate surface area is 94.1 Å². The lowest BCUT2D eigenvalue weighted by Gasteiger charge is -2.07. The summed E-state index contributed by atoms with van der Waals surface area (Å²) in [6.45, 7) is 4.97. The van der Waals surface area contributed by atoms with Gasteiger partial charge in [0.25, 0.3) is 0 Å². The van der Waals surface area contributed by atoms with Crippen LogP contribution in [-0.4, -0.2) is 6.54 Å². The van der Waals surface area contributed by atoms with E-state index >= 15 is 0 Å². The van der Waals surface area contributed by atoms with E-state index in [0.717, 1.165) is 4.47 Å².